The van der Waals surface area contributed by atoms with E-state index in [1.165, 1.54) is 98.0 Å². The van der Waals surface area contributed by atoms with Gasteiger partial charge in [-0.2, -0.15) is 0 Å². The summed E-state index contributed by atoms with van der Waals surface area (Å²) in [6.45, 7) is 14.4. The molecule has 5 fully saturated rings. The van der Waals surface area contributed by atoms with Crippen LogP contribution in [-0.4, -0.2) is 96.5 Å². The van der Waals surface area contributed by atoms with Gasteiger partial charge in [0.15, 0.2) is 0 Å². The van der Waals surface area contributed by atoms with E-state index in [0.29, 0.717) is 143 Å². The molecular formula is C113H131N5O15. The summed E-state index contributed by atoms with van der Waals surface area (Å²) in [5, 5.41) is 0. The maximum absolute atomic E-state index is 12.1. The van der Waals surface area contributed by atoms with Crippen molar-refractivity contribution < 1.29 is 47.7 Å². The van der Waals surface area contributed by atoms with E-state index in [1.807, 2.05) is 110 Å². The first-order valence-corrected chi connectivity index (χ1v) is 48.8. The number of rotatable bonds is 18. The van der Waals surface area contributed by atoms with Crippen molar-refractivity contribution in [3.63, 3.8) is 0 Å². The Morgan fingerprint density at radius 1 is 0.278 bits per heavy atom. The van der Waals surface area contributed by atoms with Crippen LogP contribution in [0, 0.1) is 46.5 Å². The van der Waals surface area contributed by atoms with E-state index in [1.54, 1.807) is 44.0 Å². The molecule has 2 aliphatic heterocycles. The molecule has 0 radical (unpaired) electrons. The molecule has 0 spiro atoms. The predicted molar refractivity (Wildman–Crippen MR) is 521 cm³/mol. The molecule has 7 heterocycles. The summed E-state index contributed by atoms with van der Waals surface area (Å²) in [5.74, 6) is 2.85. The standard InChI is InChI=1S/3C23H27NO3.2C22H25NO3/c1-15-11-18(14-24(2)23(15)26)21-5-3-17-13-19(25)4-6-20(17)22(21)12-16-7-9-27-10-8-16;1-15-9-20(14-24(2)23(15)26)22-13-17-3-4-21(25)12-18(17)11-19(22)10-16-5-7-27-8-6-16;1-15-11-17(13-24(2)23(15)26)21-9-7-16-12-18(25)8-10-20(16)22(21)14-27-19-5-3-4-6-19;1-14-10-16(12-23(2)22(14)25)20-8-6-15-11-17(24)7-9-19(15)21(20)13-26-18-4-3-5-18;1-14-8-17(12-23(2)22(14)25)21-11-15-6-7-19(24)10-16(15)9-18(21)13-26-20-4-3-5-20/h3,5,11,14,16H,4,6-10,12-13H2,1-2H3;9,11,13-14,16H,3-8,10,12H2,1-2H3;7,9,11,13,19H,3-6,8,10,12,14H2,1-2H3;6,8,10,12,18H,3-5,7,9,11,13H2,1-2H3;8-9,11-12,20H,3-7,10,13H2,1-2H3. The first-order chi connectivity index (χ1) is 64.1. The Bertz CT molecular complexity index is 6170. The lowest BCUT2D eigenvalue weighted by atomic mass is 9.79. The third-order valence-corrected chi connectivity index (χ3v) is 29.5. The van der Waals surface area contributed by atoms with Crippen LogP contribution in [0.5, 0.6) is 0 Å². The van der Waals surface area contributed by atoms with Crippen molar-refractivity contribution in [3.05, 3.63) is 285 Å². The molecule has 0 bridgehead atoms. The highest BCUT2D eigenvalue weighted by Gasteiger charge is 2.32. The van der Waals surface area contributed by atoms with E-state index >= 15 is 0 Å². The van der Waals surface area contributed by atoms with Crippen LogP contribution >= 0.6 is 0 Å². The molecule has 20 nitrogen and oxygen atoms in total. The van der Waals surface area contributed by atoms with Gasteiger partial charge in [-0.15, -0.1) is 0 Å². The summed E-state index contributed by atoms with van der Waals surface area (Å²) in [7, 11) is 9.01. The fraction of sp³-hybridized carbons (Fsp3) is 0.469. The quantitative estimate of drug-likeness (QED) is 0.0775. The number of aromatic nitrogens is 5. The van der Waals surface area contributed by atoms with Gasteiger partial charge in [0, 0.05) is 185 Å². The maximum Gasteiger partial charge on any atom is 0.253 e. The normalized spacial score (nSPS) is 17.4. The molecule has 0 N–H and O–H groups in total. The van der Waals surface area contributed by atoms with Gasteiger partial charge >= 0.3 is 0 Å². The van der Waals surface area contributed by atoms with Gasteiger partial charge in [0.2, 0.25) is 0 Å². The van der Waals surface area contributed by atoms with Gasteiger partial charge in [0.25, 0.3) is 27.8 Å². The first-order valence-electron chi connectivity index (χ1n) is 48.8. The summed E-state index contributed by atoms with van der Waals surface area (Å²) in [4.78, 5) is 120. The minimum absolute atomic E-state index is 0.0320. The number of benzene rings is 5. The van der Waals surface area contributed by atoms with Crippen molar-refractivity contribution in [3.8, 4) is 55.6 Å². The lowest BCUT2D eigenvalue weighted by Gasteiger charge is -2.28. The number of Topliss-reactive ketones (excluding diaryl/α,β-unsaturated/α-hetero) is 5. The van der Waals surface area contributed by atoms with Crippen molar-refractivity contribution in [2.45, 2.75) is 272 Å². The highest BCUT2D eigenvalue weighted by atomic mass is 16.5. The van der Waals surface area contributed by atoms with Gasteiger partial charge in [0.05, 0.1) is 38.1 Å². The second kappa shape index (κ2) is 42.7. The number of fused-ring (bicyclic) bond motifs is 5. The Balaban J connectivity index is 0.000000121. The second-order valence-electron chi connectivity index (χ2n) is 39.4. The van der Waals surface area contributed by atoms with E-state index in [4.69, 9.17) is 23.7 Å². The van der Waals surface area contributed by atoms with Gasteiger partial charge in [-0.3, -0.25) is 47.9 Å². The van der Waals surface area contributed by atoms with Crippen LogP contribution in [-0.2, 0) is 180 Å². The number of nitrogens with zero attached hydrogens (tertiary/aromatic N) is 5. The third-order valence-electron chi connectivity index (χ3n) is 29.5. The smallest absolute Gasteiger partial charge is 0.253 e. The number of ether oxygens (including phenoxy) is 5. The fourth-order valence-corrected chi connectivity index (χ4v) is 21.3. The number of hydrogen-bond acceptors (Lipinski definition) is 15. The number of ketones is 5. The molecule has 5 aromatic carbocycles. The zero-order valence-electron chi connectivity index (χ0n) is 79.7. The predicted octanol–water partition coefficient (Wildman–Crippen LogP) is 17.6. The molecular weight excluding hydrogens is 1670 g/mol. The Labute approximate surface area is 780 Å². The molecule has 20 rings (SSSR count). The first kappa shape index (κ1) is 95.2. The molecule has 20 heteroatoms. The van der Waals surface area contributed by atoms with Gasteiger partial charge in [0.1, 0.15) is 28.9 Å². The van der Waals surface area contributed by atoms with E-state index < -0.39 is 0 Å². The Kier molecular flexibility index (Phi) is 30.6. The molecule has 8 aliphatic carbocycles. The fourth-order valence-electron chi connectivity index (χ4n) is 21.3. The maximum atomic E-state index is 12.1. The van der Waals surface area contributed by atoms with E-state index in [-0.39, 0.29) is 27.8 Å². The van der Waals surface area contributed by atoms with E-state index in [0.717, 1.165) is 230 Å². The number of aryl methyl sites for hydroxylation is 12. The molecule has 0 unspecified atom stereocenters. The Morgan fingerprint density at radius 3 is 0.902 bits per heavy atom. The SMILES string of the molecule is Cc1cc(-c2cc3c(cc2CC2CCOCC2)CC(=O)CC3)cn(C)c1=O.Cc1cc(-c2cc3c(cc2COC2CCC2)CC(=O)CC3)cn(C)c1=O.Cc1cc(-c2ccc3c(c2CC2CCOCC2)CCC(=O)C3)cn(C)c1=O.Cc1cc(-c2ccc3c(c2COC2CCC2)CCC(=O)C3)cn(C)c1=O.Cc1cc(-c2ccc3c(c2COC2CCCC2)CCC(=O)C3)cn(C)c1=O. The van der Waals surface area contributed by atoms with Crippen LogP contribution in [0.4, 0.5) is 0 Å². The summed E-state index contributed by atoms with van der Waals surface area (Å²) in [6.07, 6.45) is 38.7. The number of pyridine rings is 5. The molecule has 10 aliphatic rings. The Hall–Kier alpha value is -11.0. The van der Waals surface area contributed by atoms with Crippen LogP contribution in [0.1, 0.15) is 233 Å². The molecule has 2 saturated heterocycles. The van der Waals surface area contributed by atoms with Crippen LogP contribution in [0.2, 0.25) is 0 Å². The lowest BCUT2D eigenvalue weighted by molar-refractivity contribution is -0.119. The second-order valence-corrected chi connectivity index (χ2v) is 39.4. The minimum atomic E-state index is 0.0320. The van der Waals surface area contributed by atoms with Crippen LogP contribution in [0.25, 0.3) is 55.6 Å². The third kappa shape index (κ3) is 22.7. The van der Waals surface area contributed by atoms with Gasteiger partial charge < -0.3 is 46.5 Å². The molecule has 3 saturated carbocycles. The monoisotopic (exact) mass is 1800 g/mol. The lowest BCUT2D eigenvalue weighted by Crippen LogP contribution is -2.23. The largest absolute Gasteiger partial charge is 0.381 e. The average molecular weight is 1800 g/mol. The molecule has 698 valence electrons. The van der Waals surface area contributed by atoms with E-state index in [2.05, 4.69) is 60.7 Å². The van der Waals surface area contributed by atoms with Crippen molar-refractivity contribution in [1.82, 2.24) is 22.8 Å². The Morgan fingerprint density at radius 2 is 0.564 bits per heavy atom. The molecule has 0 amide bonds. The zero-order chi connectivity index (χ0) is 93.4. The molecule has 0 atom stereocenters. The van der Waals surface area contributed by atoms with Crippen LogP contribution < -0.4 is 27.8 Å². The summed E-state index contributed by atoms with van der Waals surface area (Å²) < 4.78 is 37.8. The minimum Gasteiger partial charge on any atom is -0.381 e. The molecule has 133 heavy (non-hydrogen) atoms. The summed E-state index contributed by atoms with van der Waals surface area (Å²) >= 11 is 0. The average Bonchev–Trinajstić information content (AvgIpc) is 1.16. The number of carbonyl (C=O) groups is 5. The topological polar surface area (TPSA) is 241 Å². The summed E-state index contributed by atoms with van der Waals surface area (Å²) in [5.41, 5.74) is 33.5. The van der Waals surface area contributed by atoms with Crippen LogP contribution in [0.15, 0.2) is 146 Å². The van der Waals surface area contributed by atoms with Crippen LogP contribution in [0.3, 0.4) is 0 Å². The molecule has 5 aromatic heterocycles. The van der Waals surface area contributed by atoms with Crippen molar-refractivity contribution in [1.29, 1.82) is 0 Å². The van der Waals surface area contributed by atoms with Crippen molar-refractivity contribution in [2.24, 2.45) is 47.1 Å². The van der Waals surface area contributed by atoms with Crippen molar-refractivity contribution >= 4 is 28.9 Å². The van der Waals surface area contributed by atoms with Crippen molar-refractivity contribution in [2.75, 3.05) is 26.4 Å². The molecule has 10 aromatic rings. The highest BCUT2D eigenvalue weighted by Crippen LogP contribution is 2.42. The number of hydrogen-bond donors (Lipinski definition) is 0. The van der Waals surface area contributed by atoms with Gasteiger partial charge in [-0.05, 0) is 338 Å². The van der Waals surface area contributed by atoms with Gasteiger partial charge in [-0.1, -0.05) is 73.5 Å². The van der Waals surface area contributed by atoms with Gasteiger partial charge in [-0.25, -0.2) is 0 Å². The van der Waals surface area contributed by atoms with E-state index in [9.17, 15) is 47.9 Å². The zero-order valence-corrected chi connectivity index (χ0v) is 79.7. The summed E-state index contributed by atoms with van der Waals surface area (Å²) in [6, 6.07) is 31.4. The highest BCUT2D eigenvalue weighted by molar-refractivity contribution is 5.88. The number of carbonyl (C=O) groups excluding carboxylic acids is 5.